The first-order valence-corrected chi connectivity index (χ1v) is 11.0. The van der Waals surface area contributed by atoms with Gasteiger partial charge < -0.3 is 19.7 Å². The molecule has 0 saturated carbocycles. The third kappa shape index (κ3) is 7.01. The second-order valence-electron chi connectivity index (χ2n) is 7.80. The van der Waals surface area contributed by atoms with E-state index in [0.29, 0.717) is 19.1 Å². The fourth-order valence-corrected chi connectivity index (χ4v) is 3.91. The topological polar surface area (TPSA) is 57.6 Å². The molecule has 0 unspecified atom stereocenters. The zero-order chi connectivity index (χ0) is 21.2. The Morgan fingerprint density at radius 1 is 1.13 bits per heavy atom. The van der Waals surface area contributed by atoms with Gasteiger partial charge in [0.05, 0.1) is 12.2 Å². The number of piperidine rings is 1. The Morgan fingerprint density at radius 3 is 2.60 bits per heavy atom. The molecule has 2 aromatic carbocycles. The zero-order valence-corrected chi connectivity index (χ0v) is 18.5. The van der Waals surface area contributed by atoms with Crippen molar-refractivity contribution in [2.45, 2.75) is 25.8 Å². The van der Waals surface area contributed by atoms with Crippen LogP contribution in [0.3, 0.4) is 0 Å². The summed E-state index contributed by atoms with van der Waals surface area (Å²) in [5, 5.41) is 12.5. The van der Waals surface area contributed by atoms with E-state index in [1.807, 2.05) is 48.5 Å². The number of likely N-dealkylation sites (tertiary alicyclic amines) is 1. The first-order chi connectivity index (χ1) is 14.7. The Morgan fingerprint density at radius 2 is 1.87 bits per heavy atom. The summed E-state index contributed by atoms with van der Waals surface area (Å²) < 4.78 is 11.0. The first kappa shape index (κ1) is 22.6. The minimum Gasteiger partial charge on any atom is -0.478 e. The third-order valence-electron chi connectivity index (χ3n) is 5.54. The molecule has 1 aliphatic rings. The fraction of sp³-hybridized carbons (Fsp3) is 0.458. The molecule has 6 heteroatoms. The molecule has 1 aliphatic heterocycles. The van der Waals surface area contributed by atoms with E-state index in [9.17, 15) is 0 Å². The van der Waals surface area contributed by atoms with Crippen LogP contribution in [-0.2, 0) is 16.0 Å². The third-order valence-corrected chi connectivity index (χ3v) is 5.79. The van der Waals surface area contributed by atoms with Crippen LogP contribution in [0, 0.1) is 11.3 Å². The number of nitrogens with zero attached hydrogens (tertiary/aromatic N) is 1. The van der Waals surface area contributed by atoms with Gasteiger partial charge in [-0.15, -0.1) is 0 Å². The fourth-order valence-electron chi connectivity index (χ4n) is 3.79. The Bertz CT molecular complexity index is 789. The predicted molar refractivity (Wildman–Crippen MR) is 124 cm³/mol. The Hall–Kier alpha value is -2.08. The zero-order valence-electron chi connectivity index (χ0n) is 17.7. The molecule has 0 amide bonds. The predicted octanol–water partition coefficient (Wildman–Crippen LogP) is 5.04. The number of benzene rings is 2. The normalized spacial score (nSPS) is 15.1. The van der Waals surface area contributed by atoms with Gasteiger partial charge in [-0.25, -0.2) is 0 Å². The molecule has 30 heavy (non-hydrogen) atoms. The number of rotatable bonds is 10. The summed E-state index contributed by atoms with van der Waals surface area (Å²) in [5.41, 5.74) is 2.82. The minimum absolute atomic E-state index is 0.216. The molecule has 2 aromatic rings. The van der Waals surface area contributed by atoms with Crippen LogP contribution >= 0.6 is 11.6 Å². The second kappa shape index (κ2) is 11.9. The van der Waals surface area contributed by atoms with Crippen molar-refractivity contribution in [1.82, 2.24) is 4.90 Å². The van der Waals surface area contributed by atoms with E-state index >= 15 is 0 Å². The van der Waals surface area contributed by atoms with Gasteiger partial charge in [0.15, 0.2) is 0 Å². The van der Waals surface area contributed by atoms with Gasteiger partial charge in [0.25, 0.3) is 0 Å². The largest absolute Gasteiger partial charge is 0.478 e. The van der Waals surface area contributed by atoms with Gasteiger partial charge in [-0.2, -0.15) is 0 Å². The van der Waals surface area contributed by atoms with Crippen LogP contribution in [-0.4, -0.2) is 50.8 Å². The van der Waals surface area contributed by atoms with E-state index in [0.717, 1.165) is 54.5 Å². The quantitative estimate of drug-likeness (QED) is 0.315. The molecule has 0 radical (unpaired) electrons. The van der Waals surface area contributed by atoms with Crippen molar-refractivity contribution in [2.24, 2.45) is 5.92 Å². The Balaban J connectivity index is 1.41. The summed E-state index contributed by atoms with van der Waals surface area (Å²) in [6.07, 6.45) is 3.34. The lowest BCUT2D eigenvalue weighted by atomic mass is 9.98. The summed E-state index contributed by atoms with van der Waals surface area (Å²) in [6.45, 7) is 5.37. The van der Waals surface area contributed by atoms with Crippen LogP contribution in [0.5, 0.6) is 0 Å². The second-order valence-corrected chi connectivity index (χ2v) is 8.23. The first-order valence-electron chi connectivity index (χ1n) is 10.7. The maximum Gasteiger partial charge on any atom is 0.215 e. The molecule has 1 heterocycles. The van der Waals surface area contributed by atoms with Crippen molar-refractivity contribution in [1.29, 1.82) is 5.41 Å². The highest BCUT2D eigenvalue weighted by Gasteiger charge is 2.18. The average Bonchev–Trinajstić information content (AvgIpc) is 2.78. The molecule has 1 saturated heterocycles. The molecule has 2 N–H and O–H groups in total. The molecule has 0 aromatic heterocycles. The lowest BCUT2D eigenvalue weighted by molar-refractivity contribution is 0.0967. The number of anilines is 1. The van der Waals surface area contributed by atoms with Gasteiger partial charge in [-0.1, -0.05) is 35.9 Å². The number of hydrogen-bond donors (Lipinski definition) is 2. The SMILES string of the molecule is COCC1CCN(CCCOC(=N)c2ccccc2NCc2ccc(Cl)cc2)CC1. The molecular weight excluding hydrogens is 398 g/mol. The Labute approximate surface area is 184 Å². The number of ether oxygens (including phenoxy) is 2. The van der Waals surface area contributed by atoms with Crippen molar-refractivity contribution >= 4 is 23.2 Å². The van der Waals surface area contributed by atoms with E-state index < -0.39 is 0 Å². The van der Waals surface area contributed by atoms with Crippen molar-refractivity contribution in [3.05, 3.63) is 64.7 Å². The van der Waals surface area contributed by atoms with Crippen LogP contribution in [0.15, 0.2) is 48.5 Å². The van der Waals surface area contributed by atoms with Crippen LogP contribution < -0.4 is 5.32 Å². The summed E-state index contributed by atoms with van der Waals surface area (Å²) in [6, 6.07) is 15.6. The summed E-state index contributed by atoms with van der Waals surface area (Å²) in [4.78, 5) is 2.49. The number of methoxy groups -OCH3 is 1. The highest BCUT2D eigenvalue weighted by atomic mass is 35.5. The lowest BCUT2D eigenvalue weighted by Crippen LogP contribution is -2.36. The number of nitrogens with one attached hydrogen (secondary N) is 2. The summed E-state index contributed by atoms with van der Waals surface area (Å²) in [5.74, 6) is 0.917. The van der Waals surface area contributed by atoms with Gasteiger partial charge in [0.1, 0.15) is 0 Å². The standard InChI is InChI=1S/C24H32ClN3O2/c1-29-18-20-11-14-28(15-12-20)13-4-16-30-24(26)22-5-2-3-6-23(22)27-17-19-7-9-21(25)10-8-19/h2-3,5-10,20,26-27H,4,11-18H2,1H3. The van der Waals surface area contributed by atoms with E-state index in [1.54, 1.807) is 7.11 Å². The lowest BCUT2D eigenvalue weighted by Gasteiger charge is -2.31. The van der Waals surface area contributed by atoms with Gasteiger partial charge in [-0.05, 0) is 68.1 Å². The van der Waals surface area contributed by atoms with Crippen LogP contribution in [0.2, 0.25) is 5.02 Å². The molecule has 1 fully saturated rings. The van der Waals surface area contributed by atoms with E-state index in [2.05, 4.69) is 10.2 Å². The van der Waals surface area contributed by atoms with Crippen LogP contribution in [0.4, 0.5) is 5.69 Å². The smallest absolute Gasteiger partial charge is 0.215 e. The number of hydrogen-bond acceptors (Lipinski definition) is 5. The van der Waals surface area contributed by atoms with Crippen LogP contribution in [0.1, 0.15) is 30.4 Å². The maximum atomic E-state index is 8.37. The number of halogens is 1. The van der Waals surface area contributed by atoms with Gasteiger partial charge in [0.2, 0.25) is 5.90 Å². The van der Waals surface area contributed by atoms with Crippen molar-refractivity contribution in [3.63, 3.8) is 0 Å². The average molecular weight is 430 g/mol. The van der Waals surface area contributed by atoms with Crippen LogP contribution in [0.25, 0.3) is 0 Å². The van der Waals surface area contributed by atoms with Gasteiger partial charge in [0, 0.05) is 37.5 Å². The van der Waals surface area contributed by atoms with Crippen molar-refractivity contribution in [2.75, 3.05) is 45.3 Å². The minimum atomic E-state index is 0.216. The molecule has 0 bridgehead atoms. The van der Waals surface area contributed by atoms with E-state index in [-0.39, 0.29) is 5.90 Å². The summed E-state index contributed by atoms with van der Waals surface area (Å²) in [7, 11) is 1.78. The Kier molecular flexibility index (Phi) is 9.00. The molecule has 3 rings (SSSR count). The highest BCUT2D eigenvalue weighted by molar-refractivity contribution is 6.30. The van der Waals surface area contributed by atoms with Crippen molar-refractivity contribution < 1.29 is 9.47 Å². The molecule has 162 valence electrons. The maximum absolute atomic E-state index is 8.37. The molecular formula is C24H32ClN3O2. The van der Waals surface area contributed by atoms with Crippen molar-refractivity contribution in [3.8, 4) is 0 Å². The molecule has 5 nitrogen and oxygen atoms in total. The molecule has 0 spiro atoms. The van der Waals surface area contributed by atoms with Gasteiger partial charge in [-0.3, -0.25) is 5.41 Å². The molecule has 0 aliphatic carbocycles. The van der Waals surface area contributed by atoms with E-state index in [1.165, 1.54) is 12.8 Å². The monoisotopic (exact) mass is 429 g/mol. The summed E-state index contributed by atoms with van der Waals surface area (Å²) >= 11 is 5.95. The highest BCUT2D eigenvalue weighted by Crippen LogP contribution is 2.19. The van der Waals surface area contributed by atoms with Gasteiger partial charge >= 0.3 is 0 Å². The molecule has 0 atom stereocenters. The van der Waals surface area contributed by atoms with E-state index in [4.69, 9.17) is 26.5 Å². The number of para-hydroxylation sites is 1.